The van der Waals surface area contributed by atoms with Crippen LogP contribution in [0.1, 0.15) is 26.3 Å². The predicted octanol–water partition coefficient (Wildman–Crippen LogP) is -0.865. The third-order valence-corrected chi connectivity index (χ3v) is 1.58. The van der Waals surface area contributed by atoms with Gasteiger partial charge in [-0.1, -0.05) is 20.8 Å². The van der Waals surface area contributed by atoms with Gasteiger partial charge in [-0.15, -0.1) is 0 Å². The summed E-state index contributed by atoms with van der Waals surface area (Å²) in [4.78, 5) is 0. The zero-order chi connectivity index (χ0) is 12.1. The first-order chi connectivity index (χ1) is 6.61. The number of hydrogen-bond donors (Lipinski definition) is 2. The molecule has 86 valence electrons. The Balaban J connectivity index is 0. The molecule has 6 heteroatoms. The van der Waals surface area contributed by atoms with Crippen molar-refractivity contribution in [3.63, 3.8) is 0 Å². The molecule has 2 N–H and O–H groups in total. The summed E-state index contributed by atoms with van der Waals surface area (Å²) in [6, 6.07) is 11.1. The second kappa shape index (κ2) is 7.10. The first-order valence-electron chi connectivity index (χ1n) is 4.27. The smallest absolute Gasteiger partial charge is 0.264 e. The minimum Gasteiger partial charge on any atom is -0.264 e. The topological polar surface area (TPSA) is 74.6 Å². The second-order valence-electron chi connectivity index (χ2n) is 3.99. The Morgan fingerprint density at radius 3 is 1.62 bits per heavy atom. The monoisotopic (exact) mass is 238 g/mol. The van der Waals surface area contributed by atoms with Crippen LogP contribution in [-0.4, -0.2) is 17.5 Å². The van der Waals surface area contributed by atoms with Crippen LogP contribution in [0, 0.1) is 6.07 Å². The van der Waals surface area contributed by atoms with E-state index in [-0.39, 0.29) is 24.3 Å². The Morgan fingerprint density at radius 2 is 1.44 bits per heavy atom. The van der Waals surface area contributed by atoms with Gasteiger partial charge >= 0.3 is 29.3 Å². The van der Waals surface area contributed by atoms with E-state index < -0.39 is 10.4 Å². The molecule has 1 rings (SSSR count). The van der Waals surface area contributed by atoms with Crippen molar-refractivity contribution < 1.29 is 36.4 Å². The Kier molecular flexibility index (Phi) is 8.01. The summed E-state index contributed by atoms with van der Waals surface area (Å²) < 4.78 is 31.6. The van der Waals surface area contributed by atoms with Crippen LogP contribution in [0.2, 0.25) is 0 Å². The van der Waals surface area contributed by atoms with E-state index in [9.17, 15) is 0 Å². The Hall–Kier alpha value is -0.313. The van der Waals surface area contributed by atoms with Crippen LogP contribution in [0.4, 0.5) is 0 Å². The molecule has 4 nitrogen and oxygen atoms in total. The van der Waals surface area contributed by atoms with Gasteiger partial charge in [-0.2, -0.15) is 44.3 Å². The third kappa shape index (κ3) is 11.8. The molecule has 0 saturated carbocycles. The molecule has 0 aliphatic carbocycles. The summed E-state index contributed by atoms with van der Waals surface area (Å²) in [6.45, 7) is 6.63. The summed E-state index contributed by atoms with van der Waals surface area (Å²) in [5.41, 5.74) is 1.64. The second-order valence-corrected chi connectivity index (χ2v) is 4.88. The van der Waals surface area contributed by atoms with E-state index >= 15 is 0 Å². The fourth-order valence-corrected chi connectivity index (χ4v) is 0.887. The fourth-order valence-electron chi connectivity index (χ4n) is 0.887. The van der Waals surface area contributed by atoms with Gasteiger partial charge < -0.3 is 0 Å². The fraction of sp³-hybridized carbons (Fsp3) is 0.400. The average Bonchev–Trinajstić information content (AvgIpc) is 2.01. The zero-order valence-corrected chi connectivity index (χ0v) is 10.7. The largest absolute Gasteiger partial charge is 1.00 e. The molecular formula is C10H15LiO4S. The molecule has 0 aromatic heterocycles. The molecule has 0 aliphatic heterocycles. The van der Waals surface area contributed by atoms with Gasteiger partial charge in [0.05, 0.1) is 0 Å². The van der Waals surface area contributed by atoms with Crippen LogP contribution >= 0.6 is 0 Å². The average molecular weight is 238 g/mol. The SMILES string of the molecule is CC(C)(C)c1cc[c-]cc1.O=S(=O)(O)O.[Li+]. The third-order valence-electron chi connectivity index (χ3n) is 1.58. The van der Waals surface area contributed by atoms with Crippen LogP contribution in [-0.2, 0) is 15.8 Å². The van der Waals surface area contributed by atoms with Gasteiger partial charge in [0, 0.05) is 0 Å². The van der Waals surface area contributed by atoms with Gasteiger partial charge in [-0.3, -0.25) is 9.11 Å². The maximum atomic E-state index is 8.74. The molecule has 1 aromatic carbocycles. The van der Waals surface area contributed by atoms with Crippen molar-refractivity contribution in [3.05, 3.63) is 35.9 Å². The van der Waals surface area contributed by atoms with E-state index in [4.69, 9.17) is 17.5 Å². The Morgan fingerprint density at radius 1 is 1.12 bits per heavy atom. The Labute approximate surface area is 109 Å². The first-order valence-corrected chi connectivity index (χ1v) is 5.67. The van der Waals surface area contributed by atoms with Crippen molar-refractivity contribution >= 4 is 10.4 Å². The van der Waals surface area contributed by atoms with Crippen LogP contribution in [0.3, 0.4) is 0 Å². The molecule has 0 amide bonds. The number of rotatable bonds is 0. The van der Waals surface area contributed by atoms with Crippen molar-refractivity contribution in [2.75, 3.05) is 0 Å². The molecular weight excluding hydrogens is 223 g/mol. The van der Waals surface area contributed by atoms with E-state index in [1.807, 2.05) is 12.1 Å². The molecule has 0 spiro atoms. The minimum atomic E-state index is -4.67. The summed E-state index contributed by atoms with van der Waals surface area (Å²) >= 11 is 0. The van der Waals surface area contributed by atoms with E-state index in [1.165, 1.54) is 5.56 Å². The summed E-state index contributed by atoms with van der Waals surface area (Å²) in [5, 5.41) is 0. The van der Waals surface area contributed by atoms with Crippen molar-refractivity contribution in [3.8, 4) is 0 Å². The van der Waals surface area contributed by atoms with Crippen molar-refractivity contribution in [2.24, 2.45) is 0 Å². The molecule has 1 aromatic rings. The van der Waals surface area contributed by atoms with E-state index in [2.05, 4.69) is 39.0 Å². The molecule has 0 unspecified atom stereocenters. The van der Waals surface area contributed by atoms with Gasteiger partial charge in [0.15, 0.2) is 0 Å². The Bertz CT molecular complexity index is 373. The van der Waals surface area contributed by atoms with Gasteiger partial charge in [-0.25, -0.2) is 0 Å². The maximum absolute atomic E-state index is 8.74. The maximum Gasteiger partial charge on any atom is 1.00 e. The molecule has 16 heavy (non-hydrogen) atoms. The number of benzene rings is 1. The molecule has 0 radical (unpaired) electrons. The molecule has 0 fully saturated rings. The first kappa shape index (κ1) is 18.1. The van der Waals surface area contributed by atoms with Gasteiger partial charge in [0.1, 0.15) is 0 Å². The summed E-state index contributed by atoms with van der Waals surface area (Å²) in [6.07, 6.45) is 0. The molecule has 0 atom stereocenters. The van der Waals surface area contributed by atoms with Crippen molar-refractivity contribution in [1.82, 2.24) is 0 Å². The van der Waals surface area contributed by atoms with Gasteiger partial charge in [0.25, 0.3) is 0 Å². The molecule has 0 aliphatic rings. The van der Waals surface area contributed by atoms with E-state index in [0.717, 1.165) is 0 Å². The van der Waals surface area contributed by atoms with Crippen LogP contribution < -0.4 is 18.9 Å². The zero-order valence-electron chi connectivity index (χ0n) is 9.93. The van der Waals surface area contributed by atoms with Crippen molar-refractivity contribution in [2.45, 2.75) is 26.2 Å². The van der Waals surface area contributed by atoms with Gasteiger partial charge in [-0.05, 0) is 5.41 Å². The molecule has 0 saturated heterocycles. The van der Waals surface area contributed by atoms with Crippen LogP contribution in [0.25, 0.3) is 0 Å². The number of hydrogen-bond acceptors (Lipinski definition) is 2. The van der Waals surface area contributed by atoms with Gasteiger partial charge in [0.2, 0.25) is 0 Å². The van der Waals surface area contributed by atoms with Crippen LogP contribution in [0.15, 0.2) is 24.3 Å². The van der Waals surface area contributed by atoms with E-state index in [0.29, 0.717) is 0 Å². The molecule has 0 bridgehead atoms. The normalized spacial score (nSPS) is 10.8. The van der Waals surface area contributed by atoms with Crippen LogP contribution in [0.5, 0.6) is 0 Å². The van der Waals surface area contributed by atoms with E-state index in [1.54, 1.807) is 0 Å². The summed E-state index contributed by atoms with van der Waals surface area (Å²) in [5.74, 6) is 0. The van der Waals surface area contributed by atoms with Crippen molar-refractivity contribution in [1.29, 1.82) is 0 Å². The predicted molar refractivity (Wildman–Crippen MR) is 58.2 cm³/mol. The minimum absolute atomic E-state index is 0. The summed E-state index contributed by atoms with van der Waals surface area (Å²) in [7, 11) is -4.67. The quantitative estimate of drug-likeness (QED) is 0.350. The molecule has 0 heterocycles. The standard InChI is InChI=1S/C10H13.Li.H2O4S/c1-10(2,3)9-7-5-4-6-8-9;;1-5(2,3)4/h5-8H,1-3H3;;(H2,1,2,3,4)/q-1;+1;.